The summed E-state index contributed by atoms with van der Waals surface area (Å²) in [5, 5.41) is 3.51. The second-order valence-corrected chi connectivity index (χ2v) is 6.25. The first kappa shape index (κ1) is 14.3. The van der Waals surface area contributed by atoms with E-state index in [0.29, 0.717) is 0 Å². The van der Waals surface area contributed by atoms with E-state index in [1.54, 1.807) is 11.1 Å². The van der Waals surface area contributed by atoms with Gasteiger partial charge in [-0.1, -0.05) is 36.4 Å². The maximum Gasteiger partial charge on any atom is 0.0577 e. The number of hydrogen-bond donors (Lipinski definition) is 1. The Kier molecular flexibility index (Phi) is 4.12. The highest BCUT2D eigenvalue weighted by Gasteiger charge is 2.17. The smallest absolute Gasteiger partial charge is 0.0577 e. The molecule has 3 rings (SSSR count). The topological polar surface area (TPSA) is 12.0 Å². The normalized spacial score (nSPS) is 15.6. The molecule has 0 aromatic heterocycles. The van der Waals surface area contributed by atoms with E-state index in [9.17, 15) is 0 Å². The molecule has 0 spiro atoms. The van der Waals surface area contributed by atoms with E-state index in [1.807, 2.05) is 0 Å². The number of benzene rings is 2. The van der Waals surface area contributed by atoms with Crippen molar-refractivity contribution in [3.63, 3.8) is 0 Å². The lowest BCUT2D eigenvalue weighted by Gasteiger charge is -2.23. The molecule has 0 aliphatic heterocycles. The first-order chi connectivity index (χ1) is 10.2. The third-order valence-electron chi connectivity index (χ3n) is 4.95. The molecule has 1 aliphatic carbocycles. The fraction of sp³-hybridized carbons (Fsp3) is 0.400. The Balaban J connectivity index is 2.02. The van der Waals surface area contributed by atoms with Gasteiger partial charge in [0.05, 0.1) is 6.04 Å². The van der Waals surface area contributed by atoms with Crippen LogP contribution in [-0.4, -0.2) is 7.05 Å². The van der Waals surface area contributed by atoms with Crippen molar-refractivity contribution in [2.24, 2.45) is 0 Å². The summed E-state index contributed by atoms with van der Waals surface area (Å²) in [6.45, 7) is 4.42. The molecule has 0 amide bonds. The first-order valence-electron chi connectivity index (χ1n) is 8.06. The van der Waals surface area contributed by atoms with Gasteiger partial charge < -0.3 is 5.32 Å². The average molecular weight is 279 g/mol. The van der Waals surface area contributed by atoms with Crippen LogP contribution in [0.4, 0.5) is 0 Å². The van der Waals surface area contributed by atoms with Crippen molar-refractivity contribution < 1.29 is 0 Å². The summed E-state index contributed by atoms with van der Waals surface area (Å²) in [6.07, 6.45) is 5.18. The molecule has 0 saturated carbocycles. The second-order valence-electron chi connectivity index (χ2n) is 6.25. The van der Waals surface area contributed by atoms with Crippen LogP contribution in [0.1, 0.15) is 52.3 Å². The summed E-state index contributed by atoms with van der Waals surface area (Å²) < 4.78 is 0. The van der Waals surface area contributed by atoms with Gasteiger partial charge in [-0.25, -0.2) is 0 Å². The molecule has 1 aliphatic rings. The number of nitrogens with one attached hydrogen (secondary N) is 1. The summed E-state index contributed by atoms with van der Waals surface area (Å²) in [5.41, 5.74) is 8.67. The molecule has 0 heterocycles. The van der Waals surface area contributed by atoms with Crippen molar-refractivity contribution in [3.8, 4) is 0 Å². The quantitative estimate of drug-likeness (QED) is 0.873. The molecule has 0 fully saturated rings. The molecule has 2 aromatic rings. The standard InChI is InChI=1S/C20H25N/c1-14-7-6-10-19(15(14)2)20(21-3)18-12-11-16-8-4-5-9-17(16)13-18/h6-7,10-13,20-21H,4-5,8-9H2,1-3H3. The molecule has 0 saturated heterocycles. The molecule has 0 radical (unpaired) electrons. The maximum atomic E-state index is 3.51. The monoisotopic (exact) mass is 279 g/mol. The number of hydrogen-bond acceptors (Lipinski definition) is 1. The highest BCUT2D eigenvalue weighted by Crippen LogP contribution is 2.30. The Morgan fingerprint density at radius 3 is 2.48 bits per heavy atom. The fourth-order valence-electron chi connectivity index (χ4n) is 3.52. The molecule has 1 unspecified atom stereocenters. The van der Waals surface area contributed by atoms with E-state index in [0.717, 1.165) is 0 Å². The minimum Gasteiger partial charge on any atom is -0.309 e. The molecule has 1 N–H and O–H groups in total. The summed E-state index contributed by atoms with van der Waals surface area (Å²) in [4.78, 5) is 0. The van der Waals surface area contributed by atoms with Gasteiger partial charge in [-0.2, -0.15) is 0 Å². The van der Waals surface area contributed by atoms with Crippen molar-refractivity contribution in [1.82, 2.24) is 5.32 Å². The van der Waals surface area contributed by atoms with Gasteiger partial charge in [0.2, 0.25) is 0 Å². The van der Waals surface area contributed by atoms with Gasteiger partial charge >= 0.3 is 0 Å². The highest BCUT2D eigenvalue weighted by atomic mass is 14.9. The van der Waals surface area contributed by atoms with Gasteiger partial charge in [-0.3, -0.25) is 0 Å². The third kappa shape index (κ3) is 2.75. The zero-order chi connectivity index (χ0) is 14.8. The predicted octanol–water partition coefficient (Wildman–Crippen LogP) is 4.49. The van der Waals surface area contributed by atoms with Crippen molar-refractivity contribution in [1.29, 1.82) is 0 Å². The van der Waals surface area contributed by atoms with Crippen LogP contribution in [0.25, 0.3) is 0 Å². The molecule has 1 atom stereocenters. The van der Waals surface area contributed by atoms with Crippen molar-refractivity contribution >= 4 is 0 Å². The minimum absolute atomic E-state index is 0.289. The van der Waals surface area contributed by atoms with Gasteiger partial charge in [-0.05, 0) is 80.0 Å². The van der Waals surface area contributed by atoms with E-state index < -0.39 is 0 Å². The van der Waals surface area contributed by atoms with Crippen molar-refractivity contribution in [2.45, 2.75) is 45.6 Å². The van der Waals surface area contributed by atoms with E-state index in [2.05, 4.69) is 62.6 Å². The largest absolute Gasteiger partial charge is 0.309 e. The van der Waals surface area contributed by atoms with Crippen LogP contribution >= 0.6 is 0 Å². The van der Waals surface area contributed by atoms with Gasteiger partial charge in [0.15, 0.2) is 0 Å². The molecule has 0 bridgehead atoms. The van der Waals surface area contributed by atoms with E-state index in [-0.39, 0.29) is 6.04 Å². The van der Waals surface area contributed by atoms with Gasteiger partial charge in [-0.15, -0.1) is 0 Å². The zero-order valence-electron chi connectivity index (χ0n) is 13.4. The fourth-order valence-corrected chi connectivity index (χ4v) is 3.52. The molecule has 110 valence electrons. The SMILES string of the molecule is CNC(c1ccc2c(c1)CCCC2)c1cccc(C)c1C. The molecule has 2 aromatic carbocycles. The number of fused-ring (bicyclic) bond motifs is 1. The third-order valence-corrected chi connectivity index (χ3v) is 4.95. The molecular formula is C20H25N. The van der Waals surface area contributed by atoms with Crippen LogP contribution in [0.15, 0.2) is 36.4 Å². The zero-order valence-corrected chi connectivity index (χ0v) is 13.4. The lowest BCUT2D eigenvalue weighted by Crippen LogP contribution is -2.19. The number of aryl methyl sites for hydroxylation is 3. The van der Waals surface area contributed by atoms with Crippen LogP contribution in [0.3, 0.4) is 0 Å². The van der Waals surface area contributed by atoms with Gasteiger partial charge in [0.25, 0.3) is 0 Å². The lowest BCUT2D eigenvalue weighted by atomic mass is 9.86. The van der Waals surface area contributed by atoms with Crippen LogP contribution in [0.2, 0.25) is 0 Å². The summed E-state index contributed by atoms with van der Waals surface area (Å²) >= 11 is 0. The van der Waals surface area contributed by atoms with Crippen LogP contribution in [0.5, 0.6) is 0 Å². The van der Waals surface area contributed by atoms with Crippen LogP contribution in [0, 0.1) is 13.8 Å². The Labute approximate surface area is 128 Å². The summed E-state index contributed by atoms with van der Waals surface area (Å²) in [6, 6.07) is 14.0. The van der Waals surface area contributed by atoms with Crippen molar-refractivity contribution in [3.05, 3.63) is 69.8 Å². The minimum atomic E-state index is 0.289. The summed E-state index contributed by atoms with van der Waals surface area (Å²) in [7, 11) is 2.06. The van der Waals surface area contributed by atoms with Crippen molar-refractivity contribution in [2.75, 3.05) is 7.05 Å². The molecular weight excluding hydrogens is 254 g/mol. The summed E-state index contributed by atoms with van der Waals surface area (Å²) in [5.74, 6) is 0. The Morgan fingerprint density at radius 2 is 1.71 bits per heavy atom. The first-order valence-corrected chi connectivity index (χ1v) is 8.06. The van der Waals surface area contributed by atoms with Crippen LogP contribution in [-0.2, 0) is 12.8 Å². The van der Waals surface area contributed by atoms with Crippen LogP contribution < -0.4 is 5.32 Å². The Morgan fingerprint density at radius 1 is 0.952 bits per heavy atom. The predicted molar refractivity (Wildman–Crippen MR) is 89.9 cm³/mol. The number of rotatable bonds is 3. The highest BCUT2D eigenvalue weighted by molar-refractivity contribution is 5.43. The maximum absolute atomic E-state index is 3.51. The van der Waals surface area contributed by atoms with E-state index in [1.165, 1.54) is 47.9 Å². The average Bonchev–Trinajstić information content (AvgIpc) is 2.52. The Bertz CT molecular complexity index is 642. The van der Waals surface area contributed by atoms with Gasteiger partial charge in [0, 0.05) is 0 Å². The molecule has 1 nitrogen and oxygen atoms in total. The van der Waals surface area contributed by atoms with E-state index >= 15 is 0 Å². The molecule has 21 heavy (non-hydrogen) atoms. The van der Waals surface area contributed by atoms with Gasteiger partial charge in [0.1, 0.15) is 0 Å². The second kappa shape index (κ2) is 6.03. The lowest BCUT2D eigenvalue weighted by molar-refractivity contribution is 0.665. The van der Waals surface area contributed by atoms with E-state index in [4.69, 9.17) is 0 Å². The Hall–Kier alpha value is -1.60. The molecule has 1 heteroatoms.